The van der Waals surface area contributed by atoms with Crippen molar-refractivity contribution in [2.45, 2.75) is 38.1 Å². The molecule has 2 atom stereocenters. The highest BCUT2D eigenvalue weighted by molar-refractivity contribution is 5.90. The molecule has 188 valence electrons. The average molecular weight is 498 g/mol. The van der Waals surface area contributed by atoms with Crippen molar-refractivity contribution in [2.24, 2.45) is 0 Å². The molecule has 1 aliphatic heterocycles. The molecule has 3 aromatic rings. The van der Waals surface area contributed by atoms with E-state index in [0.717, 1.165) is 16.7 Å². The number of ether oxygens (including phenoxy) is 2. The summed E-state index contributed by atoms with van der Waals surface area (Å²) in [5.74, 6) is -1.15. The maximum atomic E-state index is 13.5. The Morgan fingerprint density at radius 2 is 1.68 bits per heavy atom. The van der Waals surface area contributed by atoms with E-state index in [0.29, 0.717) is 11.1 Å². The van der Waals surface area contributed by atoms with Gasteiger partial charge in [0, 0.05) is 12.8 Å². The van der Waals surface area contributed by atoms with E-state index in [1.54, 1.807) is 24.3 Å². The monoisotopic (exact) mass is 497 g/mol. The Balaban J connectivity index is 1.55. The molecule has 4 rings (SSSR count). The van der Waals surface area contributed by atoms with Crippen LogP contribution in [-0.2, 0) is 45.1 Å². The number of carbonyl (C=O) groups is 3. The third-order valence-corrected chi connectivity index (χ3v) is 6.35. The predicted octanol–water partition coefficient (Wildman–Crippen LogP) is 3.52. The van der Waals surface area contributed by atoms with E-state index in [1.165, 1.54) is 12.0 Å². The number of hydrogen-bond acceptors (Lipinski definition) is 6. The van der Waals surface area contributed by atoms with E-state index in [2.05, 4.69) is 11.4 Å². The van der Waals surface area contributed by atoms with Crippen LogP contribution in [0.5, 0.6) is 0 Å². The van der Waals surface area contributed by atoms with E-state index in [-0.39, 0.29) is 26.0 Å². The topological polar surface area (TPSA) is 109 Å². The number of carbonyl (C=O) groups excluding carboxylic acids is 3. The minimum absolute atomic E-state index is 0.0713. The van der Waals surface area contributed by atoms with Gasteiger partial charge in [0.05, 0.1) is 25.3 Å². The van der Waals surface area contributed by atoms with Gasteiger partial charge in [0.1, 0.15) is 18.7 Å². The Hall–Kier alpha value is -4.64. The lowest BCUT2D eigenvalue weighted by Gasteiger charge is -2.35. The summed E-state index contributed by atoms with van der Waals surface area (Å²) in [5.41, 5.74) is 3.71. The predicted molar refractivity (Wildman–Crippen MR) is 135 cm³/mol. The van der Waals surface area contributed by atoms with Gasteiger partial charge in [-0.1, -0.05) is 72.8 Å². The van der Waals surface area contributed by atoms with Crippen LogP contribution in [0.1, 0.15) is 27.8 Å². The van der Waals surface area contributed by atoms with Crippen molar-refractivity contribution >= 4 is 18.0 Å². The highest BCUT2D eigenvalue weighted by Crippen LogP contribution is 2.25. The van der Waals surface area contributed by atoms with Gasteiger partial charge < -0.3 is 14.8 Å². The summed E-state index contributed by atoms with van der Waals surface area (Å²) in [5, 5.41) is 12.2. The normalized spacial score (nSPS) is 15.0. The zero-order chi connectivity index (χ0) is 26.2. The minimum Gasteiger partial charge on any atom is -0.467 e. The molecular weight excluding hydrogens is 470 g/mol. The number of nitriles is 1. The summed E-state index contributed by atoms with van der Waals surface area (Å²) in [6.45, 7) is 0.268. The van der Waals surface area contributed by atoms with Crippen LogP contribution in [0.15, 0.2) is 78.9 Å². The highest BCUT2D eigenvalue weighted by atomic mass is 16.6. The molecular formula is C29H27N3O5. The molecule has 0 aliphatic carbocycles. The van der Waals surface area contributed by atoms with E-state index in [9.17, 15) is 19.6 Å². The summed E-state index contributed by atoms with van der Waals surface area (Å²) in [6.07, 6.45) is -0.280. The number of esters is 1. The van der Waals surface area contributed by atoms with Gasteiger partial charge in [-0.05, 0) is 28.3 Å². The largest absolute Gasteiger partial charge is 0.467 e. The zero-order valence-corrected chi connectivity index (χ0v) is 20.4. The molecule has 1 heterocycles. The summed E-state index contributed by atoms with van der Waals surface area (Å²) in [6, 6.07) is 23.9. The first-order valence-corrected chi connectivity index (χ1v) is 11.9. The van der Waals surface area contributed by atoms with Crippen molar-refractivity contribution in [1.29, 1.82) is 5.26 Å². The van der Waals surface area contributed by atoms with Crippen LogP contribution in [0.2, 0.25) is 0 Å². The quantitative estimate of drug-likeness (QED) is 0.501. The van der Waals surface area contributed by atoms with Crippen LogP contribution in [0.3, 0.4) is 0 Å². The molecule has 0 fully saturated rings. The van der Waals surface area contributed by atoms with Crippen molar-refractivity contribution in [3.05, 3.63) is 107 Å². The van der Waals surface area contributed by atoms with Crippen molar-refractivity contribution in [1.82, 2.24) is 10.2 Å². The number of methoxy groups -OCH3 is 1. The van der Waals surface area contributed by atoms with Gasteiger partial charge in [-0.3, -0.25) is 9.69 Å². The molecule has 1 N–H and O–H groups in total. The summed E-state index contributed by atoms with van der Waals surface area (Å²) < 4.78 is 10.5. The lowest BCUT2D eigenvalue weighted by Crippen LogP contribution is -2.56. The molecule has 0 radical (unpaired) electrons. The van der Waals surface area contributed by atoms with Crippen LogP contribution in [-0.4, -0.2) is 42.1 Å². The Morgan fingerprint density at radius 1 is 1.00 bits per heavy atom. The molecule has 8 nitrogen and oxygen atoms in total. The van der Waals surface area contributed by atoms with Crippen LogP contribution in [0.4, 0.5) is 4.79 Å². The molecule has 0 bridgehead atoms. The second kappa shape index (κ2) is 11.9. The molecule has 0 saturated heterocycles. The van der Waals surface area contributed by atoms with Crippen molar-refractivity contribution in [2.75, 3.05) is 7.11 Å². The smallest absolute Gasteiger partial charge is 0.411 e. The van der Waals surface area contributed by atoms with Gasteiger partial charge >= 0.3 is 12.1 Å². The van der Waals surface area contributed by atoms with Gasteiger partial charge in [0.2, 0.25) is 5.91 Å². The first-order valence-electron chi connectivity index (χ1n) is 11.9. The fourth-order valence-corrected chi connectivity index (χ4v) is 4.38. The Morgan fingerprint density at radius 3 is 2.41 bits per heavy atom. The van der Waals surface area contributed by atoms with Gasteiger partial charge in [-0.2, -0.15) is 5.26 Å². The third-order valence-electron chi connectivity index (χ3n) is 6.35. The van der Waals surface area contributed by atoms with E-state index in [4.69, 9.17) is 9.47 Å². The number of fused-ring (bicyclic) bond motifs is 1. The van der Waals surface area contributed by atoms with Crippen LogP contribution < -0.4 is 5.32 Å². The SMILES string of the molecule is COC(=O)[C@@H](Cc1ccccc1C#N)NC(=O)[C@@H]1Cc2ccccc2CN1C(=O)OCc1ccccc1. The van der Waals surface area contributed by atoms with Crippen LogP contribution in [0, 0.1) is 11.3 Å². The second-order valence-electron chi connectivity index (χ2n) is 8.71. The van der Waals surface area contributed by atoms with Gasteiger partial charge in [0.25, 0.3) is 0 Å². The molecule has 0 saturated carbocycles. The molecule has 0 aromatic heterocycles. The van der Waals surface area contributed by atoms with Gasteiger partial charge in [-0.15, -0.1) is 0 Å². The average Bonchev–Trinajstić information content (AvgIpc) is 2.95. The number of rotatable bonds is 7. The first-order chi connectivity index (χ1) is 18.0. The Kier molecular flexibility index (Phi) is 8.16. The maximum Gasteiger partial charge on any atom is 0.411 e. The standard InChI is InChI=1S/C29H27N3O5/c1-36-28(34)25(15-21-11-5-7-13-23(21)17-30)31-27(33)26-16-22-12-6-8-14-24(22)18-32(26)29(35)37-19-20-9-3-2-4-10-20/h2-14,25-26H,15-16,18-19H2,1H3,(H,31,33)/t25-,26+/m1/s1. The third kappa shape index (κ3) is 6.14. The summed E-state index contributed by atoms with van der Waals surface area (Å²) in [4.78, 5) is 40.7. The fourth-order valence-electron chi connectivity index (χ4n) is 4.38. The number of nitrogens with one attached hydrogen (secondary N) is 1. The molecule has 2 amide bonds. The van der Waals surface area contributed by atoms with Crippen molar-refractivity contribution in [3.63, 3.8) is 0 Å². The minimum atomic E-state index is -1.04. The highest BCUT2D eigenvalue weighted by Gasteiger charge is 2.37. The Labute approximate surface area is 215 Å². The molecule has 8 heteroatoms. The zero-order valence-electron chi connectivity index (χ0n) is 20.4. The summed E-state index contributed by atoms with van der Waals surface area (Å²) >= 11 is 0. The number of nitrogens with zero attached hydrogens (tertiary/aromatic N) is 2. The maximum absolute atomic E-state index is 13.5. The van der Waals surface area contributed by atoms with Crippen LogP contribution >= 0.6 is 0 Å². The lowest BCUT2D eigenvalue weighted by molar-refractivity contribution is -0.145. The van der Waals surface area contributed by atoms with Crippen molar-refractivity contribution in [3.8, 4) is 6.07 Å². The lowest BCUT2D eigenvalue weighted by atomic mass is 9.93. The molecule has 1 aliphatic rings. The summed E-state index contributed by atoms with van der Waals surface area (Å²) in [7, 11) is 1.24. The van der Waals surface area contributed by atoms with E-state index in [1.807, 2.05) is 54.6 Å². The first kappa shape index (κ1) is 25.5. The molecule has 0 unspecified atom stereocenters. The Bertz CT molecular complexity index is 1320. The van der Waals surface area contributed by atoms with Crippen LogP contribution in [0.25, 0.3) is 0 Å². The fraction of sp³-hybridized carbons (Fsp3) is 0.241. The van der Waals surface area contributed by atoms with Gasteiger partial charge in [0.15, 0.2) is 0 Å². The molecule has 3 aromatic carbocycles. The number of amides is 2. The van der Waals surface area contributed by atoms with Crippen molar-refractivity contribution < 1.29 is 23.9 Å². The molecule has 0 spiro atoms. The van der Waals surface area contributed by atoms with Gasteiger partial charge in [-0.25, -0.2) is 9.59 Å². The van der Waals surface area contributed by atoms with E-state index >= 15 is 0 Å². The number of benzene rings is 3. The second-order valence-corrected chi connectivity index (χ2v) is 8.71. The van der Waals surface area contributed by atoms with E-state index < -0.39 is 30.1 Å². The molecule has 37 heavy (non-hydrogen) atoms. The number of hydrogen-bond donors (Lipinski definition) is 1.